The Morgan fingerprint density at radius 2 is 2.26 bits per heavy atom. The van der Waals surface area contributed by atoms with Gasteiger partial charge in [0.2, 0.25) is 0 Å². The molecule has 0 radical (unpaired) electrons. The number of rotatable bonds is 6. The van der Waals surface area contributed by atoms with Crippen molar-refractivity contribution in [2.24, 2.45) is 0 Å². The summed E-state index contributed by atoms with van der Waals surface area (Å²) in [5.74, 6) is 0.758. The Balaban J connectivity index is 1.98. The number of thiazole rings is 1. The fourth-order valence-corrected chi connectivity index (χ4v) is 3.39. The maximum absolute atomic E-state index is 10.6. The molecule has 100 valence electrons. The molecule has 0 amide bonds. The average molecular weight is 295 g/mol. The largest absolute Gasteiger partial charge is 0.496 e. The minimum Gasteiger partial charge on any atom is -0.496 e. The second kappa shape index (κ2) is 6.58. The molecule has 2 rings (SSSR count). The number of methoxy groups -OCH3 is 1. The number of aromatic nitrogens is 1. The van der Waals surface area contributed by atoms with Crippen molar-refractivity contribution in [1.82, 2.24) is 4.98 Å². The van der Waals surface area contributed by atoms with Crippen LogP contribution in [0.1, 0.15) is 11.3 Å². The van der Waals surface area contributed by atoms with E-state index in [9.17, 15) is 4.79 Å². The summed E-state index contributed by atoms with van der Waals surface area (Å²) < 4.78 is 6.16. The highest BCUT2D eigenvalue weighted by molar-refractivity contribution is 8.00. The molecule has 1 heterocycles. The van der Waals surface area contributed by atoms with Gasteiger partial charge in [0.25, 0.3) is 0 Å². The van der Waals surface area contributed by atoms with E-state index in [0.717, 1.165) is 21.4 Å². The SMILES string of the molecule is COc1ccccc1CSc1nc(CC(=O)O)cs1. The monoisotopic (exact) mass is 295 g/mol. The van der Waals surface area contributed by atoms with Crippen LogP contribution in [0.4, 0.5) is 0 Å². The standard InChI is InChI=1S/C13H13NO3S2/c1-17-11-5-3-2-4-9(11)7-18-13-14-10(8-19-13)6-12(15)16/h2-5,8H,6-7H2,1H3,(H,15,16). The minimum absolute atomic E-state index is 0.0221. The van der Waals surface area contributed by atoms with Gasteiger partial charge in [-0.2, -0.15) is 0 Å². The van der Waals surface area contributed by atoms with Crippen LogP contribution in [0.2, 0.25) is 0 Å². The summed E-state index contributed by atoms with van der Waals surface area (Å²) in [4.78, 5) is 14.9. The highest BCUT2D eigenvalue weighted by Gasteiger charge is 2.08. The Morgan fingerprint density at radius 3 is 3.00 bits per heavy atom. The second-order valence-electron chi connectivity index (χ2n) is 3.78. The van der Waals surface area contributed by atoms with Gasteiger partial charge in [-0.25, -0.2) is 4.98 Å². The van der Waals surface area contributed by atoms with Crippen molar-refractivity contribution in [3.05, 3.63) is 40.9 Å². The van der Waals surface area contributed by atoms with E-state index in [2.05, 4.69) is 4.98 Å². The minimum atomic E-state index is -0.855. The van der Waals surface area contributed by atoms with Gasteiger partial charge >= 0.3 is 5.97 Å². The van der Waals surface area contributed by atoms with Crippen LogP contribution in [0, 0.1) is 0 Å². The van der Waals surface area contributed by atoms with Crippen LogP contribution in [0.3, 0.4) is 0 Å². The number of hydrogen-bond donors (Lipinski definition) is 1. The molecule has 0 aliphatic heterocycles. The lowest BCUT2D eigenvalue weighted by molar-refractivity contribution is -0.136. The molecule has 0 saturated carbocycles. The zero-order valence-corrected chi connectivity index (χ0v) is 12.0. The first kappa shape index (κ1) is 13.9. The summed E-state index contributed by atoms with van der Waals surface area (Å²) in [6, 6.07) is 7.84. The number of ether oxygens (including phenoxy) is 1. The molecule has 0 aliphatic rings. The van der Waals surface area contributed by atoms with Gasteiger partial charge in [-0.1, -0.05) is 30.0 Å². The molecule has 1 aromatic heterocycles. The number of nitrogens with zero attached hydrogens (tertiary/aromatic N) is 1. The van der Waals surface area contributed by atoms with Crippen LogP contribution in [0.15, 0.2) is 34.0 Å². The van der Waals surface area contributed by atoms with Gasteiger partial charge in [0.1, 0.15) is 10.1 Å². The lowest BCUT2D eigenvalue weighted by Gasteiger charge is -2.06. The third kappa shape index (κ3) is 3.97. The molecule has 0 fully saturated rings. The Morgan fingerprint density at radius 1 is 1.47 bits per heavy atom. The number of carbonyl (C=O) groups is 1. The number of carboxylic acid groups (broad SMARTS) is 1. The van der Waals surface area contributed by atoms with E-state index in [1.807, 2.05) is 24.3 Å². The Kier molecular flexibility index (Phi) is 4.81. The van der Waals surface area contributed by atoms with E-state index in [0.29, 0.717) is 5.69 Å². The molecule has 0 aliphatic carbocycles. The van der Waals surface area contributed by atoms with Crippen molar-refractivity contribution in [3.8, 4) is 5.75 Å². The third-order valence-corrected chi connectivity index (χ3v) is 4.53. The molecule has 0 bridgehead atoms. The van der Waals surface area contributed by atoms with Crippen LogP contribution in [-0.2, 0) is 17.0 Å². The Hall–Kier alpha value is -1.53. The van der Waals surface area contributed by atoms with Crippen molar-refractivity contribution in [2.45, 2.75) is 16.5 Å². The molecule has 19 heavy (non-hydrogen) atoms. The molecular weight excluding hydrogens is 282 g/mol. The summed E-state index contributed by atoms with van der Waals surface area (Å²) in [7, 11) is 1.65. The van der Waals surface area contributed by atoms with Gasteiger partial charge in [-0.05, 0) is 6.07 Å². The molecule has 0 atom stereocenters. The first-order valence-corrected chi connectivity index (χ1v) is 7.46. The van der Waals surface area contributed by atoms with Crippen molar-refractivity contribution < 1.29 is 14.6 Å². The Labute approximate surface area is 119 Å². The van der Waals surface area contributed by atoms with E-state index >= 15 is 0 Å². The summed E-state index contributed by atoms with van der Waals surface area (Å²) in [5.41, 5.74) is 1.71. The van der Waals surface area contributed by atoms with E-state index < -0.39 is 5.97 Å². The smallest absolute Gasteiger partial charge is 0.309 e. The van der Waals surface area contributed by atoms with Crippen molar-refractivity contribution in [3.63, 3.8) is 0 Å². The molecule has 6 heteroatoms. The maximum atomic E-state index is 10.6. The molecule has 0 spiro atoms. The molecule has 2 aromatic rings. The molecule has 1 aromatic carbocycles. The van der Waals surface area contributed by atoms with E-state index in [4.69, 9.17) is 9.84 Å². The normalized spacial score (nSPS) is 10.4. The zero-order chi connectivity index (χ0) is 13.7. The van der Waals surface area contributed by atoms with Crippen LogP contribution >= 0.6 is 23.1 Å². The van der Waals surface area contributed by atoms with E-state index in [1.165, 1.54) is 11.3 Å². The van der Waals surface area contributed by atoms with Crippen LogP contribution < -0.4 is 4.74 Å². The maximum Gasteiger partial charge on any atom is 0.309 e. The number of para-hydroxylation sites is 1. The summed E-state index contributed by atoms with van der Waals surface area (Å²) in [6.45, 7) is 0. The van der Waals surface area contributed by atoms with Crippen molar-refractivity contribution in [1.29, 1.82) is 0 Å². The van der Waals surface area contributed by atoms with Crippen LogP contribution in [0.5, 0.6) is 5.75 Å². The Bertz CT molecular complexity index is 569. The fourth-order valence-electron chi connectivity index (χ4n) is 1.55. The molecule has 0 saturated heterocycles. The summed E-state index contributed by atoms with van der Waals surface area (Å²) in [5, 5.41) is 10.5. The quantitative estimate of drug-likeness (QED) is 0.830. The van der Waals surface area contributed by atoms with Gasteiger partial charge in [0.05, 0.1) is 19.2 Å². The highest BCUT2D eigenvalue weighted by Crippen LogP contribution is 2.29. The molecular formula is C13H13NO3S2. The van der Waals surface area contributed by atoms with Crippen molar-refractivity contribution >= 4 is 29.1 Å². The second-order valence-corrected chi connectivity index (χ2v) is 5.86. The van der Waals surface area contributed by atoms with E-state index in [-0.39, 0.29) is 6.42 Å². The number of benzene rings is 1. The topological polar surface area (TPSA) is 59.4 Å². The third-order valence-electron chi connectivity index (χ3n) is 2.41. The van der Waals surface area contributed by atoms with E-state index in [1.54, 1.807) is 24.3 Å². The summed E-state index contributed by atoms with van der Waals surface area (Å²) in [6.07, 6.45) is -0.0221. The first-order valence-electron chi connectivity index (χ1n) is 5.60. The number of hydrogen-bond acceptors (Lipinski definition) is 5. The summed E-state index contributed by atoms with van der Waals surface area (Å²) >= 11 is 3.06. The lowest BCUT2D eigenvalue weighted by Crippen LogP contribution is -1.99. The van der Waals surface area contributed by atoms with Gasteiger partial charge in [-0.15, -0.1) is 11.3 Å². The predicted molar refractivity (Wildman–Crippen MR) is 76.0 cm³/mol. The zero-order valence-electron chi connectivity index (χ0n) is 10.3. The predicted octanol–water partition coefficient (Wildman–Crippen LogP) is 3.07. The van der Waals surface area contributed by atoms with Crippen LogP contribution in [-0.4, -0.2) is 23.2 Å². The molecule has 4 nitrogen and oxygen atoms in total. The number of thioether (sulfide) groups is 1. The highest BCUT2D eigenvalue weighted by atomic mass is 32.2. The van der Waals surface area contributed by atoms with Gasteiger partial charge in [0.15, 0.2) is 0 Å². The van der Waals surface area contributed by atoms with Gasteiger partial charge in [0, 0.05) is 16.7 Å². The number of aliphatic carboxylic acids is 1. The number of carboxylic acids is 1. The fraction of sp³-hybridized carbons (Fsp3) is 0.231. The molecule has 1 N–H and O–H groups in total. The first-order chi connectivity index (χ1) is 9.19. The van der Waals surface area contributed by atoms with Crippen LogP contribution in [0.25, 0.3) is 0 Å². The van der Waals surface area contributed by atoms with Gasteiger partial charge < -0.3 is 9.84 Å². The van der Waals surface area contributed by atoms with Crippen molar-refractivity contribution in [2.75, 3.05) is 7.11 Å². The van der Waals surface area contributed by atoms with Gasteiger partial charge in [-0.3, -0.25) is 4.79 Å². The lowest BCUT2D eigenvalue weighted by atomic mass is 10.2. The average Bonchev–Trinajstić information content (AvgIpc) is 2.83. The molecule has 0 unspecified atom stereocenters.